The summed E-state index contributed by atoms with van der Waals surface area (Å²) in [5, 5.41) is 13.5. The molecule has 0 bridgehead atoms. The Morgan fingerprint density at radius 1 is 0.471 bits per heavy atom. The summed E-state index contributed by atoms with van der Waals surface area (Å²) in [4.78, 5) is 2.28. The van der Waals surface area contributed by atoms with Crippen molar-refractivity contribution in [2.24, 2.45) is 0 Å². The van der Waals surface area contributed by atoms with Crippen LogP contribution < -0.4 is 9.64 Å². The third-order valence-electron chi connectivity index (χ3n) is 12.8. The lowest BCUT2D eigenvalue weighted by Crippen LogP contribution is -2.16. The number of fused-ring (bicyclic) bond motifs is 3. The molecular formula is C63H52ClN3O. The minimum atomic E-state index is -0.0873. The Labute approximate surface area is 404 Å². The highest BCUT2D eigenvalue weighted by Gasteiger charge is 2.24. The predicted octanol–water partition coefficient (Wildman–Crippen LogP) is 18.2. The van der Waals surface area contributed by atoms with Gasteiger partial charge in [0.1, 0.15) is 11.5 Å². The molecule has 0 atom stereocenters. The summed E-state index contributed by atoms with van der Waals surface area (Å²) in [6, 6.07) is 74.1. The van der Waals surface area contributed by atoms with Gasteiger partial charge in [0.05, 0.1) is 34.0 Å². The highest BCUT2D eigenvalue weighted by atomic mass is 35.5. The standard InChI is InChI=1S/C63H52ClN3O/c1-62(2,3)47-32-45(33-48(37-47)63(4,5)6)46-34-52(66(50-22-17-21-49(64)38-50)59-27-13-10-24-55(59)42-18-8-7-9-19-42)39-54(36-46)68-53-23-16-20-43(35-53)58-40-51(31-30-44(58)41-65)67-60-28-14-11-25-56(60)57-26-12-15-29-61(57)67/h7-40H,1-6H3. The minimum absolute atomic E-state index is 0.0873. The molecule has 0 aliphatic carbocycles. The molecule has 332 valence electrons. The number of nitrogens with zero attached hydrogens (tertiary/aromatic N) is 3. The normalized spacial score (nSPS) is 11.7. The molecule has 0 aliphatic rings. The van der Waals surface area contributed by atoms with Crippen molar-refractivity contribution in [1.29, 1.82) is 5.26 Å². The first-order valence-corrected chi connectivity index (χ1v) is 23.5. The van der Waals surface area contributed by atoms with E-state index in [-0.39, 0.29) is 10.8 Å². The summed E-state index contributed by atoms with van der Waals surface area (Å²) >= 11 is 6.81. The molecule has 10 aromatic rings. The Kier molecular flexibility index (Phi) is 11.5. The third-order valence-corrected chi connectivity index (χ3v) is 13.0. The molecule has 68 heavy (non-hydrogen) atoms. The molecule has 0 spiro atoms. The average molecular weight is 903 g/mol. The van der Waals surface area contributed by atoms with E-state index in [1.807, 2.05) is 60.7 Å². The molecule has 0 amide bonds. The minimum Gasteiger partial charge on any atom is -0.457 e. The quantitative estimate of drug-likeness (QED) is 0.145. The molecule has 0 unspecified atom stereocenters. The van der Waals surface area contributed by atoms with Gasteiger partial charge in [-0.05, 0) is 123 Å². The van der Waals surface area contributed by atoms with Crippen LogP contribution in [0.5, 0.6) is 11.5 Å². The highest BCUT2D eigenvalue weighted by Crippen LogP contribution is 2.46. The van der Waals surface area contributed by atoms with E-state index in [2.05, 4.69) is 203 Å². The number of benzene rings is 9. The van der Waals surface area contributed by atoms with Crippen LogP contribution in [0, 0.1) is 11.3 Å². The summed E-state index contributed by atoms with van der Waals surface area (Å²) in [7, 11) is 0. The van der Waals surface area contributed by atoms with Crippen LogP contribution in [0.25, 0.3) is 60.9 Å². The lowest BCUT2D eigenvalue weighted by atomic mass is 9.79. The van der Waals surface area contributed by atoms with Crippen molar-refractivity contribution in [3.8, 4) is 56.6 Å². The van der Waals surface area contributed by atoms with Crippen molar-refractivity contribution in [2.45, 2.75) is 52.4 Å². The lowest BCUT2D eigenvalue weighted by molar-refractivity contribution is 0.483. The fourth-order valence-electron chi connectivity index (χ4n) is 9.24. The Hall–Kier alpha value is -7.84. The topological polar surface area (TPSA) is 41.2 Å². The number of aromatic nitrogens is 1. The number of hydrogen-bond donors (Lipinski definition) is 0. The molecule has 5 heteroatoms. The van der Waals surface area contributed by atoms with E-state index in [1.165, 1.54) is 21.9 Å². The van der Waals surface area contributed by atoms with E-state index in [9.17, 15) is 5.26 Å². The Morgan fingerprint density at radius 3 is 1.75 bits per heavy atom. The van der Waals surface area contributed by atoms with Gasteiger partial charge in [0, 0.05) is 44.4 Å². The van der Waals surface area contributed by atoms with Crippen molar-refractivity contribution in [3.63, 3.8) is 0 Å². The molecule has 0 radical (unpaired) electrons. The van der Waals surface area contributed by atoms with Crippen LogP contribution in [0.4, 0.5) is 17.1 Å². The number of anilines is 3. The van der Waals surface area contributed by atoms with E-state index < -0.39 is 0 Å². The summed E-state index contributed by atoms with van der Waals surface area (Å²) in [5.74, 6) is 1.31. The molecule has 1 aromatic heterocycles. The van der Waals surface area contributed by atoms with Gasteiger partial charge in [0.2, 0.25) is 0 Å². The second-order valence-electron chi connectivity index (χ2n) is 19.6. The van der Waals surface area contributed by atoms with Crippen LogP contribution in [-0.4, -0.2) is 4.57 Å². The first kappa shape index (κ1) is 44.0. The molecule has 0 saturated carbocycles. The maximum Gasteiger partial charge on any atom is 0.130 e. The molecular weight excluding hydrogens is 850 g/mol. The van der Waals surface area contributed by atoms with Crippen LogP contribution in [0.15, 0.2) is 206 Å². The van der Waals surface area contributed by atoms with Crippen molar-refractivity contribution in [1.82, 2.24) is 4.57 Å². The van der Waals surface area contributed by atoms with Gasteiger partial charge in [-0.25, -0.2) is 0 Å². The van der Waals surface area contributed by atoms with E-state index in [0.717, 1.165) is 67.2 Å². The number of ether oxygens (including phenoxy) is 1. The first-order chi connectivity index (χ1) is 32.8. The molecule has 0 fully saturated rings. The molecule has 0 saturated heterocycles. The fraction of sp³-hybridized carbons (Fsp3) is 0.127. The summed E-state index contributed by atoms with van der Waals surface area (Å²) in [5.41, 5.74) is 14.9. The van der Waals surface area contributed by atoms with Crippen molar-refractivity contribution in [2.75, 3.05) is 4.90 Å². The summed E-state index contributed by atoms with van der Waals surface area (Å²) in [6.07, 6.45) is 0. The van der Waals surface area contributed by atoms with Crippen molar-refractivity contribution >= 4 is 50.5 Å². The number of hydrogen-bond acceptors (Lipinski definition) is 3. The monoisotopic (exact) mass is 901 g/mol. The van der Waals surface area contributed by atoms with Crippen LogP contribution in [-0.2, 0) is 10.8 Å². The van der Waals surface area contributed by atoms with E-state index in [1.54, 1.807) is 0 Å². The molecule has 0 aliphatic heterocycles. The van der Waals surface area contributed by atoms with Gasteiger partial charge < -0.3 is 14.2 Å². The second-order valence-corrected chi connectivity index (χ2v) is 20.0. The van der Waals surface area contributed by atoms with Gasteiger partial charge in [-0.15, -0.1) is 0 Å². The maximum absolute atomic E-state index is 10.5. The summed E-state index contributed by atoms with van der Waals surface area (Å²) in [6.45, 7) is 13.6. The zero-order valence-electron chi connectivity index (χ0n) is 39.3. The lowest BCUT2D eigenvalue weighted by Gasteiger charge is -2.29. The number of para-hydroxylation sites is 3. The van der Waals surface area contributed by atoms with E-state index in [0.29, 0.717) is 22.1 Å². The van der Waals surface area contributed by atoms with Gasteiger partial charge in [-0.3, -0.25) is 0 Å². The molecule has 4 nitrogen and oxygen atoms in total. The zero-order valence-corrected chi connectivity index (χ0v) is 40.0. The van der Waals surface area contributed by atoms with Crippen molar-refractivity contribution in [3.05, 3.63) is 228 Å². The zero-order chi connectivity index (χ0) is 47.2. The Bertz CT molecular complexity index is 3460. The van der Waals surface area contributed by atoms with Gasteiger partial charge >= 0.3 is 0 Å². The van der Waals surface area contributed by atoms with Crippen molar-refractivity contribution < 1.29 is 4.74 Å². The van der Waals surface area contributed by atoms with Crippen LogP contribution in [0.3, 0.4) is 0 Å². The first-order valence-electron chi connectivity index (χ1n) is 23.2. The molecule has 9 aromatic carbocycles. The number of nitriles is 1. The summed E-state index contributed by atoms with van der Waals surface area (Å²) < 4.78 is 9.33. The Morgan fingerprint density at radius 2 is 1.07 bits per heavy atom. The van der Waals surface area contributed by atoms with Crippen LogP contribution in [0.2, 0.25) is 5.02 Å². The van der Waals surface area contributed by atoms with E-state index >= 15 is 0 Å². The Balaban J connectivity index is 1.15. The van der Waals surface area contributed by atoms with Gasteiger partial charge in [-0.2, -0.15) is 5.26 Å². The second kappa shape index (κ2) is 17.8. The average Bonchev–Trinajstić information content (AvgIpc) is 3.68. The number of halogens is 1. The largest absolute Gasteiger partial charge is 0.457 e. The smallest absolute Gasteiger partial charge is 0.130 e. The van der Waals surface area contributed by atoms with E-state index in [4.69, 9.17) is 16.3 Å². The highest BCUT2D eigenvalue weighted by molar-refractivity contribution is 6.30. The van der Waals surface area contributed by atoms with Crippen LogP contribution >= 0.6 is 11.6 Å². The molecule has 0 N–H and O–H groups in total. The number of rotatable bonds is 9. The molecule has 1 heterocycles. The van der Waals surface area contributed by atoms with Gasteiger partial charge in [-0.1, -0.05) is 174 Å². The van der Waals surface area contributed by atoms with Crippen LogP contribution in [0.1, 0.15) is 58.2 Å². The third kappa shape index (κ3) is 8.66. The maximum atomic E-state index is 10.5. The SMILES string of the molecule is CC(C)(C)c1cc(-c2cc(Oc3cccc(-c4cc(-n5c6ccccc6c6ccccc65)ccc4C#N)c3)cc(N(c3cccc(Cl)c3)c3ccccc3-c3ccccc3)c2)cc(C(C)(C)C)c1. The predicted molar refractivity (Wildman–Crippen MR) is 285 cm³/mol. The molecule has 10 rings (SSSR count). The van der Waals surface area contributed by atoms with Gasteiger partial charge in [0.25, 0.3) is 0 Å². The fourth-order valence-corrected chi connectivity index (χ4v) is 9.43. The van der Waals surface area contributed by atoms with Gasteiger partial charge in [0.15, 0.2) is 0 Å².